The molecule has 1 fully saturated rings. The number of carbonyl (C=O) groups excluding carboxylic acids is 3. The van der Waals surface area contributed by atoms with Crippen molar-refractivity contribution in [3.63, 3.8) is 0 Å². The molecule has 0 saturated carbocycles. The predicted octanol–water partition coefficient (Wildman–Crippen LogP) is 5.70. The molecule has 4 rings (SSSR count). The SMILES string of the molecule is Cc1ccc(NC(=O)CN2C(=O)S/C(=C\c3ccc4c(c3)[C@@H](C)CC(C)(C)N4C)C2=O)cc1C. The van der Waals surface area contributed by atoms with E-state index in [9.17, 15) is 14.4 Å². The van der Waals surface area contributed by atoms with Crippen LogP contribution >= 0.6 is 11.8 Å². The number of anilines is 2. The second-order valence-corrected chi connectivity index (χ2v) is 10.9. The van der Waals surface area contributed by atoms with Crippen LogP contribution in [0, 0.1) is 13.8 Å². The molecule has 2 aromatic rings. The van der Waals surface area contributed by atoms with Crippen molar-refractivity contribution < 1.29 is 14.4 Å². The molecule has 3 amide bonds. The van der Waals surface area contributed by atoms with Gasteiger partial charge in [-0.25, -0.2) is 0 Å². The summed E-state index contributed by atoms with van der Waals surface area (Å²) in [6.45, 7) is 10.4. The van der Waals surface area contributed by atoms with Crippen LogP contribution in [0.3, 0.4) is 0 Å². The van der Waals surface area contributed by atoms with E-state index >= 15 is 0 Å². The Labute approximate surface area is 205 Å². The lowest BCUT2D eigenvalue weighted by Gasteiger charge is -2.45. The minimum atomic E-state index is -0.436. The third-order valence-electron chi connectivity index (χ3n) is 6.92. The summed E-state index contributed by atoms with van der Waals surface area (Å²) in [7, 11) is 2.11. The Bertz CT molecular complexity index is 1220. The lowest BCUT2D eigenvalue weighted by atomic mass is 9.80. The zero-order valence-electron chi connectivity index (χ0n) is 20.6. The maximum Gasteiger partial charge on any atom is 0.294 e. The molecule has 1 saturated heterocycles. The molecule has 7 heteroatoms. The highest BCUT2D eigenvalue weighted by Gasteiger charge is 2.37. The number of rotatable bonds is 4. The molecule has 1 atom stereocenters. The molecule has 0 unspecified atom stereocenters. The van der Waals surface area contributed by atoms with Gasteiger partial charge in [-0.15, -0.1) is 0 Å². The maximum absolute atomic E-state index is 12.9. The monoisotopic (exact) mass is 477 g/mol. The van der Waals surface area contributed by atoms with E-state index in [1.807, 2.05) is 38.1 Å². The van der Waals surface area contributed by atoms with Gasteiger partial charge in [-0.3, -0.25) is 19.3 Å². The number of hydrogen-bond acceptors (Lipinski definition) is 5. The van der Waals surface area contributed by atoms with Crippen molar-refractivity contribution in [2.75, 3.05) is 23.8 Å². The number of hydrogen-bond donors (Lipinski definition) is 1. The summed E-state index contributed by atoms with van der Waals surface area (Å²) >= 11 is 0.876. The fraction of sp³-hybridized carbons (Fsp3) is 0.370. The first-order valence-electron chi connectivity index (χ1n) is 11.5. The van der Waals surface area contributed by atoms with Crippen molar-refractivity contribution >= 4 is 46.3 Å². The molecule has 2 heterocycles. The molecule has 2 aromatic carbocycles. The number of imide groups is 1. The van der Waals surface area contributed by atoms with E-state index in [1.54, 1.807) is 6.08 Å². The van der Waals surface area contributed by atoms with E-state index in [0.29, 0.717) is 16.5 Å². The standard InChI is InChI=1S/C27H31N3O3S/c1-16-7-9-20(11-17(16)2)28-24(31)15-30-25(32)23(34-26(30)33)13-19-8-10-22-21(12-19)18(3)14-27(4,5)29(22)6/h7-13,18H,14-15H2,1-6H3,(H,28,31)/b23-13-/t18-/m0/s1. The summed E-state index contributed by atoms with van der Waals surface area (Å²) in [5, 5.41) is 2.34. The van der Waals surface area contributed by atoms with Crippen molar-refractivity contribution in [3.05, 3.63) is 63.6 Å². The number of benzene rings is 2. The van der Waals surface area contributed by atoms with Crippen LogP contribution in [0.15, 0.2) is 41.3 Å². The van der Waals surface area contributed by atoms with Crippen molar-refractivity contribution in [1.29, 1.82) is 0 Å². The van der Waals surface area contributed by atoms with Gasteiger partial charge in [0.25, 0.3) is 11.1 Å². The lowest BCUT2D eigenvalue weighted by molar-refractivity contribution is -0.127. The van der Waals surface area contributed by atoms with E-state index in [4.69, 9.17) is 0 Å². The predicted molar refractivity (Wildman–Crippen MR) is 139 cm³/mol. The fourth-order valence-electron chi connectivity index (χ4n) is 4.64. The summed E-state index contributed by atoms with van der Waals surface area (Å²) in [4.78, 5) is 41.6. The van der Waals surface area contributed by atoms with Gasteiger partial charge in [0, 0.05) is 24.0 Å². The molecule has 0 bridgehead atoms. The third-order valence-corrected chi connectivity index (χ3v) is 7.83. The van der Waals surface area contributed by atoms with E-state index in [0.717, 1.165) is 39.8 Å². The Morgan fingerprint density at radius 2 is 1.88 bits per heavy atom. The number of thioether (sulfide) groups is 1. The lowest BCUT2D eigenvalue weighted by Crippen LogP contribution is -2.45. The van der Waals surface area contributed by atoms with Crippen LogP contribution in [0.25, 0.3) is 6.08 Å². The Morgan fingerprint density at radius 1 is 1.15 bits per heavy atom. The summed E-state index contributed by atoms with van der Waals surface area (Å²) in [6.07, 6.45) is 2.78. The molecule has 0 radical (unpaired) electrons. The highest BCUT2D eigenvalue weighted by molar-refractivity contribution is 8.18. The second kappa shape index (κ2) is 8.95. The summed E-state index contributed by atoms with van der Waals surface area (Å²) in [5.74, 6) is -0.451. The van der Waals surface area contributed by atoms with Gasteiger partial charge in [0.1, 0.15) is 6.54 Å². The van der Waals surface area contributed by atoms with Gasteiger partial charge in [-0.1, -0.05) is 19.1 Å². The molecule has 34 heavy (non-hydrogen) atoms. The smallest absolute Gasteiger partial charge is 0.294 e. The van der Waals surface area contributed by atoms with Gasteiger partial charge in [0.05, 0.1) is 4.91 Å². The normalized spacial score (nSPS) is 20.6. The van der Waals surface area contributed by atoms with Crippen molar-refractivity contribution in [3.8, 4) is 0 Å². The highest BCUT2D eigenvalue weighted by atomic mass is 32.2. The molecule has 178 valence electrons. The molecule has 1 N–H and O–H groups in total. The van der Waals surface area contributed by atoms with Gasteiger partial charge in [0.15, 0.2) is 0 Å². The zero-order chi connectivity index (χ0) is 24.8. The van der Waals surface area contributed by atoms with Crippen molar-refractivity contribution in [2.45, 2.75) is 52.5 Å². The number of fused-ring (bicyclic) bond motifs is 1. The molecule has 2 aliphatic heterocycles. The number of amides is 3. The van der Waals surface area contributed by atoms with E-state index in [-0.39, 0.29) is 12.1 Å². The largest absolute Gasteiger partial charge is 0.369 e. The van der Waals surface area contributed by atoms with Gasteiger partial charge < -0.3 is 10.2 Å². The number of aryl methyl sites for hydroxylation is 2. The van der Waals surface area contributed by atoms with E-state index < -0.39 is 17.1 Å². The summed E-state index contributed by atoms with van der Waals surface area (Å²) in [6, 6.07) is 11.8. The molecule has 6 nitrogen and oxygen atoms in total. The molecule has 0 spiro atoms. The highest BCUT2D eigenvalue weighted by Crippen LogP contribution is 2.43. The number of carbonyl (C=O) groups is 3. The van der Waals surface area contributed by atoms with Crippen LogP contribution < -0.4 is 10.2 Å². The van der Waals surface area contributed by atoms with Crippen LogP contribution in [-0.2, 0) is 9.59 Å². The van der Waals surface area contributed by atoms with Crippen molar-refractivity contribution in [2.24, 2.45) is 0 Å². The van der Waals surface area contributed by atoms with Crippen LogP contribution in [-0.4, -0.2) is 41.1 Å². The maximum atomic E-state index is 12.9. The van der Waals surface area contributed by atoms with Crippen LogP contribution in [0.1, 0.15) is 55.4 Å². The minimum absolute atomic E-state index is 0.0778. The third kappa shape index (κ3) is 4.62. The molecular formula is C27H31N3O3S. The summed E-state index contributed by atoms with van der Waals surface area (Å²) < 4.78 is 0. The quantitative estimate of drug-likeness (QED) is 0.572. The van der Waals surface area contributed by atoms with Crippen molar-refractivity contribution in [1.82, 2.24) is 4.90 Å². The van der Waals surface area contributed by atoms with E-state index in [2.05, 4.69) is 50.2 Å². The van der Waals surface area contributed by atoms with Crippen LogP contribution in [0.2, 0.25) is 0 Å². The first-order chi connectivity index (χ1) is 16.0. The first kappa shape index (κ1) is 24.1. The van der Waals surface area contributed by atoms with Crippen LogP contribution in [0.4, 0.5) is 16.2 Å². The first-order valence-corrected chi connectivity index (χ1v) is 12.3. The van der Waals surface area contributed by atoms with Gasteiger partial charge >= 0.3 is 0 Å². The van der Waals surface area contributed by atoms with Gasteiger partial charge in [-0.2, -0.15) is 0 Å². The minimum Gasteiger partial charge on any atom is -0.369 e. The van der Waals surface area contributed by atoms with Crippen LogP contribution in [0.5, 0.6) is 0 Å². The Kier molecular flexibility index (Phi) is 6.34. The second-order valence-electron chi connectivity index (χ2n) is 9.91. The Morgan fingerprint density at radius 3 is 2.59 bits per heavy atom. The molecule has 2 aliphatic rings. The number of nitrogens with one attached hydrogen (secondary N) is 1. The zero-order valence-corrected chi connectivity index (χ0v) is 21.4. The topological polar surface area (TPSA) is 69.7 Å². The molecule has 0 aromatic heterocycles. The average Bonchev–Trinajstić information content (AvgIpc) is 3.02. The van der Waals surface area contributed by atoms with Gasteiger partial charge in [-0.05, 0) is 104 Å². The number of nitrogens with zero attached hydrogens (tertiary/aromatic N) is 2. The molecular weight excluding hydrogens is 446 g/mol. The summed E-state index contributed by atoms with van der Waals surface area (Å²) in [5.41, 5.74) is 6.21. The Balaban J connectivity index is 1.49. The molecule has 0 aliphatic carbocycles. The van der Waals surface area contributed by atoms with E-state index in [1.165, 1.54) is 11.3 Å². The fourth-order valence-corrected chi connectivity index (χ4v) is 5.47. The average molecular weight is 478 g/mol. The Hall–Kier alpha value is -3.06. The van der Waals surface area contributed by atoms with Gasteiger partial charge in [0.2, 0.25) is 5.91 Å².